The summed E-state index contributed by atoms with van der Waals surface area (Å²) in [6.07, 6.45) is -1.14. The van der Waals surface area contributed by atoms with Crippen molar-refractivity contribution < 1.29 is 15.0 Å². The van der Waals surface area contributed by atoms with E-state index in [4.69, 9.17) is 22.4 Å². The summed E-state index contributed by atoms with van der Waals surface area (Å²) >= 11 is 5.95. The van der Waals surface area contributed by atoms with Crippen LogP contribution in [-0.2, 0) is 0 Å². The number of nitrogens with zero attached hydrogens (tertiary/aromatic N) is 3. The van der Waals surface area contributed by atoms with E-state index in [1.54, 1.807) is 42.5 Å². The summed E-state index contributed by atoms with van der Waals surface area (Å²) in [5, 5.41) is 20.1. The Labute approximate surface area is 167 Å². The van der Waals surface area contributed by atoms with Gasteiger partial charge in [0.1, 0.15) is 11.6 Å². The van der Waals surface area contributed by atoms with Gasteiger partial charge in [0.25, 0.3) is 0 Å². The van der Waals surface area contributed by atoms with Gasteiger partial charge >= 0.3 is 6.09 Å². The third-order valence-corrected chi connectivity index (χ3v) is 4.66. The highest BCUT2D eigenvalue weighted by molar-refractivity contribution is 6.30. The average Bonchev–Trinajstić information content (AvgIpc) is 2.67. The van der Waals surface area contributed by atoms with E-state index in [2.05, 4.69) is 4.98 Å². The fraction of sp³-hybridized carbons (Fsp3) is 0.100. The lowest BCUT2D eigenvalue weighted by Gasteiger charge is -2.21. The summed E-state index contributed by atoms with van der Waals surface area (Å²) in [5.41, 5.74) is 8.86. The summed E-state index contributed by atoms with van der Waals surface area (Å²) < 4.78 is 0. The molecule has 0 spiro atoms. The molecule has 3 aromatic rings. The van der Waals surface area contributed by atoms with Crippen LogP contribution in [0.4, 0.5) is 27.7 Å². The number of hydrogen-bond acceptors (Lipinski definition) is 5. The SMILES string of the molecule is CN(C(=O)O)c1ccc(-c2cc(N(C)c3ccc(Cl)cc3)ccc2O)nc1N. The Bertz CT molecular complexity index is 1020. The maximum absolute atomic E-state index is 11.1. The first-order valence-corrected chi connectivity index (χ1v) is 8.71. The maximum atomic E-state index is 11.1. The molecule has 0 atom stereocenters. The molecule has 0 aliphatic rings. The van der Waals surface area contributed by atoms with Crippen molar-refractivity contribution >= 4 is 40.6 Å². The first-order chi connectivity index (χ1) is 13.3. The number of pyridine rings is 1. The van der Waals surface area contributed by atoms with Gasteiger partial charge in [-0.2, -0.15) is 0 Å². The number of carbonyl (C=O) groups is 1. The van der Waals surface area contributed by atoms with E-state index < -0.39 is 6.09 Å². The minimum atomic E-state index is -1.14. The third kappa shape index (κ3) is 3.79. The summed E-state index contributed by atoms with van der Waals surface area (Å²) in [4.78, 5) is 18.3. The second-order valence-corrected chi connectivity index (χ2v) is 6.62. The van der Waals surface area contributed by atoms with Crippen molar-refractivity contribution in [2.24, 2.45) is 0 Å². The van der Waals surface area contributed by atoms with E-state index in [9.17, 15) is 9.90 Å². The monoisotopic (exact) mass is 398 g/mol. The Hall–Kier alpha value is -3.45. The third-order valence-electron chi connectivity index (χ3n) is 4.41. The Morgan fingerprint density at radius 3 is 2.29 bits per heavy atom. The number of nitrogen functional groups attached to an aromatic ring is 1. The molecule has 8 heteroatoms. The molecule has 0 unspecified atom stereocenters. The smallest absolute Gasteiger partial charge is 0.411 e. The van der Waals surface area contributed by atoms with Crippen LogP contribution in [0.1, 0.15) is 0 Å². The van der Waals surface area contributed by atoms with Crippen LogP contribution in [-0.4, -0.2) is 35.4 Å². The van der Waals surface area contributed by atoms with Gasteiger partial charge in [-0.05, 0) is 54.6 Å². The fourth-order valence-electron chi connectivity index (χ4n) is 2.76. The Balaban J connectivity index is 1.99. The molecule has 0 saturated carbocycles. The number of rotatable bonds is 4. The van der Waals surface area contributed by atoms with E-state index in [-0.39, 0.29) is 17.3 Å². The number of aromatic hydroxyl groups is 1. The molecule has 0 aliphatic heterocycles. The maximum Gasteiger partial charge on any atom is 0.411 e. The predicted octanol–water partition coefficient (Wildman–Crippen LogP) is 4.57. The van der Waals surface area contributed by atoms with Crippen LogP contribution < -0.4 is 15.5 Å². The lowest BCUT2D eigenvalue weighted by Crippen LogP contribution is -2.25. The van der Waals surface area contributed by atoms with Gasteiger partial charge in [-0.15, -0.1) is 0 Å². The van der Waals surface area contributed by atoms with Gasteiger partial charge in [-0.3, -0.25) is 4.90 Å². The molecule has 3 rings (SSSR count). The van der Waals surface area contributed by atoms with Crippen LogP contribution in [0.5, 0.6) is 5.75 Å². The van der Waals surface area contributed by atoms with Gasteiger partial charge in [0.2, 0.25) is 0 Å². The number of amides is 1. The van der Waals surface area contributed by atoms with Gasteiger partial charge in [0.15, 0.2) is 0 Å². The summed E-state index contributed by atoms with van der Waals surface area (Å²) in [5.74, 6) is 0.0951. The summed E-state index contributed by atoms with van der Waals surface area (Å²) in [7, 11) is 3.28. The number of anilines is 4. The van der Waals surface area contributed by atoms with Crippen LogP contribution in [0, 0.1) is 0 Å². The Morgan fingerprint density at radius 2 is 1.68 bits per heavy atom. The first-order valence-electron chi connectivity index (χ1n) is 8.34. The Morgan fingerprint density at radius 1 is 1.04 bits per heavy atom. The molecule has 0 radical (unpaired) electrons. The van der Waals surface area contributed by atoms with Crippen LogP contribution in [0.25, 0.3) is 11.3 Å². The van der Waals surface area contributed by atoms with Gasteiger partial charge in [-0.1, -0.05) is 11.6 Å². The van der Waals surface area contributed by atoms with Gasteiger partial charge in [0.05, 0.1) is 11.4 Å². The number of carboxylic acid groups (broad SMARTS) is 1. The van der Waals surface area contributed by atoms with E-state index in [0.29, 0.717) is 16.3 Å². The molecule has 1 heterocycles. The van der Waals surface area contributed by atoms with Crippen molar-refractivity contribution in [2.75, 3.05) is 29.6 Å². The lowest BCUT2D eigenvalue weighted by molar-refractivity contribution is 0.203. The lowest BCUT2D eigenvalue weighted by atomic mass is 10.1. The molecular formula is C20H19ClN4O3. The average molecular weight is 399 g/mol. The minimum Gasteiger partial charge on any atom is -0.507 e. The molecule has 144 valence electrons. The molecule has 7 nitrogen and oxygen atoms in total. The van der Waals surface area contributed by atoms with Gasteiger partial charge in [-0.25, -0.2) is 9.78 Å². The molecule has 2 aromatic carbocycles. The number of phenolic OH excluding ortho intramolecular Hbond substituents is 1. The molecule has 0 aliphatic carbocycles. The van der Waals surface area contributed by atoms with E-state index in [1.807, 2.05) is 24.1 Å². The number of phenols is 1. The topological polar surface area (TPSA) is 103 Å². The highest BCUT2D eigenvalue weighted by atomic mass is 35.5. The van der Waals surface area contributed by atoms with Crippen LogP contribution in [0.15, 0.2) is 54.6 Å². The van der Waals surface area contributed by atoms with E-state index in [1.165, 1.54) is 7.05 Å². The zero-order valence-corrected chi connectivity index (χ0v) is 16.1. The van der Waals surface area contributed by atoms with Crippen LogP contribution in [0.3, 0.4) is 0 Å². The second-order valence-electron chi connectivity index (χ2n) is 6.18. The van der Waals surface area contributed by atoms with Crippen molar-refractivity contribution in [3.63, 3.8) is 0 Å². The van der Waals surface area contributed by atoms with Crippen molar-refractivity contribution in [3.05, 3.63) is 59.6 Å². The van der Waals surface area contributed by atoms with Crippen LogP contribution in [0.2, 0.25) is 5.02 Å². The minimum absolute atomic E-state index is 0.0412. The van der Waals surface area contributed by atoms with Crippen molar-refractivity contribution in [3.8, 4) is 17.0 Å². The van der Waals surface area contributed by atoms with Gasteiger partial charge in [0, 0.05) is 36.1 Å². The van der Waals surface area contributed by atoms with Gasteiger partial charge < -0.3 is 20.8 Å². The first kappa shape index (κ1) is 19.3. The molecule has 0 bridgehead atoms. The molecule has 1 aromatic heterocycles. The highest BCUT2D eigenvalue weighted by Crippen LogP contribution is 2.35. The van der Waals surface area contributed by atoms with Crippen molar-refractivity contribution in [2.45, 2.75) is 0 Å². The highest BCUT2D eigenvalue weighted by Gasteiger charge is 2.16. The fourth-order valence-corrected chi connectivity index (χ4v) is 2.88. The number of hydrogen-bond donors (Lipinski definition) is 3. The quantitative estimate of drug-likeness (QED) is 0.594. The second kappa shape index (κ2) is 7.66. The number of nitrogens with two attached hydrogens (primary N) is 1. The van der Waals surface area contributed by atoms with E-state index in [0.717, 1.165) is 16.3 Å². The zero-order chi connectivity index (χ0) is 20.4. The molecule has 1 amide bonds. The normalized spacial score (nSPS) is 10.5. The van der Waals surface area contributed by atoms with Crippen LogP contribution >= 0.6 is 11.6 Å². The van der Waals surface area contributed by atoms with Crippen molar-refractivity contribution in [1.29, 1.82) is 0 Å². The molecule has 0 saturated heterocycles. The number of benzene rings is 2. The predicted molar refractivity (Wildman–Crippen MR) is 112 cm³/mol. The number of aromatic nitrogens is 1. The molecule has 4 N–H and O–H groups in total. The largest absolute Gasteiger partial charge is 0.507 e. The van der Waals surface area contributed by atoms with Crippen molar-refractivity contribution in [1.82, 2.24) is 4.98 Å². The standard InChI is InChI=1S/C20H19ClN4O3/c1-24(13-5-3-12(21)4-6-13)14-7-10-18(26)15(11-14)16-8-9-17(19(22)23-16)25(2)20(27)28/h3-11,26H,1-2H3,(H2,22,23)(H,27,28). The zero-order valence-electron chi connectivity index (χ0n) is 15.3. The molecule has 28 heavy (non-hydrogen) atoms. The molecular weight excluding hydrogens is 380 g/mol. The molecule has 0 fully saturated rings. The Kier molecular flexibility index (Phi) is 5.28. The summed E-state index contributed by atoms with van der Waals surface area (Å²) in [6, 6.07) is 15.7. The number of halogens is 1. The summed E-state index contributed by atoms with van der Waals surface area (Å²) in [6.45, 7) is 0. The van der Waals surface area contributed by atoms with E-state index >= 15 is 0 Å².